The molecule has 1 fully saturated rings. The van der Waals surface area contributed by atoms with Gasteiger partial charge in [0.1, 0.15) is 11.6 Å². The number of aryl methyl sites for hydroxylation is 1. The highest BCUT2D eigenvalue weighted by molar-refractivity contribution is 5.89. The van der Waals surface area contributed by atoms with Gasteiger partial charge in [-0.15, -0.1) is 0 Å². The van der Waals surface area contributed by atoms with Crippen LogP contribution in [0.15, 0.2) is 42.6 Å². The lowest BCUT2D eigenvalue weighted by molar-refractivity contribution is -0.122. The van der Waals surface area contributed by atoms with Crippen LogP contribution in [0, 0.1) is 6.92 Å². The van der Waals surface area contributed by atoms with Crippen LogP contribution in [0.2, 0.25) is 0 Å². The van der Waals surface area contributed by atoms with Gasteiger partial charge in [-0.2, -0.15) is 5.10 Å². The predicted molar refractivity (Wildman–Crippen MR) is 135 cm³/mol. The molecule has 1 saturated heterocycles. The van der Waals surface area contributed by atoms with Gasteiger partial charge in [-0.1, -0.05) is 24.3 Å². The zero-order valence-corrected chi connectivity index (χ0v) is 20.4. The Morgan fingerprint density at radius 1 is 1.22 bits per heavy atom. The van der Waals surface area contributed by atoms with Crippen LogP contribution in [0.3, 0.4) is 0 Å². The van der Waals surface area contributed by atoms with Crippen LogP contribution >= 0.6 is 0 Å². The van der Waals surface area contributed by atoms with Crippen molar-refractivity contribution in [3.63, 3.8) is 0 Å². The summed E-state index contributed by atoms with van der Waals surface area (Å²) in [4.78, 5) is 39.9. The fourth-order valence-electron chi connectivity index (χ4n) is 5.21. The van der Waals surface area contributed by atoms with Crippen LogP contribution in [-0.4, -0.2) is 58.8 Å². The number of rotatable bonds is 5. The number of para-hydroxylation sites is 1. The number of urea groups is 1. The first-order valence-electron chi connectivity index (χ1n) is 12.2. The highest BCUT2D eigenvalue weighted by Gasteiger charge is 2.45. The summed E-state index contributed by atoms with van der Waals surface area (Å²) < 4.78 is 5.76. The number of nitrogens with zero attached hydrogens (tertiary/aromatic N) is 2. The Bertz CT molecular complexity index is 1310. The molecule has 188 valence electrons. The molecule has 10 nitrogen and oxygen atoms in total. The van der Waals surface area contributed by atoms with E-state index in [0.29, 0.717) is 38.9 Å². The molecule has 4 amide bonds. The van der Waals surface area contributed by atoms with E-state index in [2.05, 4.69) is 26.1 Å². The summed E-state index contributed by atoms with van der Waals surface area (Å²) in [5.41, 5.74) is 3.84. The summed E-state index contributed by atoms with van der Waals surface area (Å²) in [7, 11) is 0. The third-order valence-electron chi connectivity index (χ3n) is 7.01. The van der Waals surface area contributed by atoms with Crippen molar-refractivity contribution in [2.45, 2.75) is 44.8 Å². The molecular weight excluding hydrogens is 460 g/mol. The number of ether oxygens (including phenoxy) is 1. The molecule has 4 N–H and O–H groups in total. The predicted octanol–water partition coefficient (Wildman–Crippen LogP) is 3.18. The van der Waals surface area contributed by atoms with Gasteiger partial charge in [-0.05, 0) is 37.1 Å². The second-order valence-corrected chi connectivity index (χ2v) is 9.39. The minimum atomic E-state index is -0.758. The zero-order chi connectivity index (χ0) is 25.3. The first-order chi connectivity index (χ1) is 17.4. The zero-order valence-electron chi connectivity index (χ0n) is 20.4. The summed E-state index contributed by atoms with van der Waals surface area (Å²) in [6.07, 6.45) is 2.59. The number of likely N-dealkylation sites (tertiary alicyclic amines) is 1. The number of carbonyl (C=O) groups is 3. The number of hydrogen-bond donors (Lipinski definition) is 4. The molecule has 1 unspecified atom stereocenters. The highest BCUT2D eigenvalue weighted by atomic mass is 16.6. The molecule has 0 bridgehead atoms. The number of H-pyrrole nitrogens is 1. The van der Waals surface area contributed by atoms with Gasteiger partial charge >= 0.3 is 12.1 Å². The van der Waals surface area contributed by atoms with Gasteiger partial charge in [0.05, 0.1) is 17.4 Å². The summed E-state index contributed by atoms with van der Waals surface area (Å²) in [6, 6.07) is 10.5. The van der Waals surface area contributed by atoms with Crippen molar-refractivity contribution in [1.29, 1.82) is 0 Å². The van der Waals surface area contributed by atoms with Crippen LogP contribution in [0.25, 0.3) is 10.9 Å². The maximum absolute atomic E-state index is 13.2. The molecule has 1 aromatic heterocycles. The van der Waals surface area contributed by atoms with Crippen molar-refractivity contribution < 1.29 is 19.1 Å². The molecule has 10 heteroatoms. The lowest BCUT2D eigenvalue weighted by Gasteiger charge is -2.44. The van der Waals surface area contributed by atoms with E-state index in [1.54, 1.807) is 11.1 Å². The topological polar surface area (TPSA) is 128 Å². The van der Waals surface area contributed by atoms with E-state index in [4.69, 9.17) is 4.74 Å². The van der Waals surface area contributed by atoms with Crippen LogP contribution in [0.5, 0.6) is 0 Å². The van der Waals surface area contributed by atoms with Crippen molar-refractivity contribution in [3.05, 3.63) is 59.3 Å². The Morgan fingerprint density at radius 2 is 2.00 bits per heavy atom. The smallest absolute Gasteiger partial charge is 0.412 e. The normalized spacial score (nSPS) is 17.2. The maximum atomic E-state index is 13.2. The number of likely N-dealkylation sites (N-methyl/N-ethyl adjacent to an activating group) is 1. The highest BCUT2D eigenvalue weighted by Crippen LogP contribution is 2.43. The number of amides is 4. The average molecular weight is 491 g/mol. The molecule has 36 heavy (non-hydrogen) atoms. The lowest BCUT2D eigenvalue weighted by Crippen LogP contribution is -2.56. The van der Waals surface area contributed by atoms with E-state index in [1.165, 1.54) is 0 Å². The number of hydrogen-bond acceptors (Lipinski definition) is 5. The average Bonchev–Trinajstić information content (AvgIpc) is 3.33. The second kappa shape index (κ2) is 9.52. The summed E-state index contributed by atoms with van der Waals surface area (Å²) in [5, 5.41) is 16.5. The van der Waals surface area contributed by atoms with Crippen molar-refractivity contribution in [2.75, 3.05) is 25.0 Å². The third kappa shape index (κ3) is 4.46. The number of benzene rings is 2. The molecule has 3 aromatic rings. The van der Waals surface area contributed by atoms with Crippen molar-refractivity contribution in [3.8, 4) is 0 Å². The monoisotopic (exact) mass is 490 g/mol. The summed E-state index contributed by atoms with van der Waals surface area (Å²) >= 11 is 0. The molecule has 1 spiro atoms. The standard InChI is InChI=1S/C26H30N6O4/c1-3-27-23(33)21(14-17-12-16(2)22-18(13-17)15-28-31-22)29-24(34)32-10-8-26(9-11-32)19-6-4-5-7-20(19)30-25(35)36-26/h4-7,12-13,15,21H,3,8-11,14H2,1-2H3,(H,27,33)(H,28,31)(H,29,34)(H,30,35). The molecule has 5 rings (SSSR count). The lowest BCUT2D eigenvalue weighted by atomic mass is 9.82. The molecule has 2 aliphatic heterocycles. The Morgan fingerprint density at radius 3 is 2.78 bits per heavy atom. The van der Waals surface area contributed by atoms with Crippen molar-refractivity contribution in [2.24, 2.45) is 0 Å². The maximum Gasteiger partial charge on any atom is 0.412 e. The minimum absolute atomic E-state index is 0.231. The van der Waals surface area contributed by atoms with Gasteiger partial charge in [0.25, 0.3) is 0 Å². The fraction of sp³-hybridized carbons (Fsp3) is 0.385. The second-order valence-electron chi connectivity index (χ2n) is 9.39. The molecular formula is C26H30N6O4. The van der Waals surface area contributed by atoms with Crippen LogP contribution < -0.4 is 16.0 Å². The summed E-state index contributed by atoms with van der Waals surface area (Å²) in [6.45, 7) is 5.10. The Labute approximate surface area is 208 Å². The largest absolute Gasteiger partial charge is 0.438 e. The number of anilines is 1. The molecule has 0 saturated carbocycles. The van der Waals surface area contributed by atoms with E-state index in [1.807, 2.05) is 50.2 Å². The van der Waals surface area contributed by atoms with Gasteiger partial charge < -0.3 is 20.3 Å². The van der Waals surface area contributed by atoms with E-state index < -0.39 is 17.7 Å². The Hall–Kier alpha value is -4.08. The first-order valence-corrected chi connectivity index (χ1v) is 12.2. The van der Waals surface area contributed by atoms with Crippen LogP contribution in [-0.2, 0) is 21.6 Å². The van der Waals surface area contributed by atoms with E-state index in [0.717, 1.165) is 33.3 Å². The Balaban J connectivity index is 1.29. The van der Waals surface area contributed by atoms with Gasteiger partial charge in [0.15, 0.2) is 0 Å². The number of nitrogens with one attached hydrogen (secondary N) is 4. The van der Waals surface area contributed by atoms with E-state index >= 15 is 0 Å². The molecule has 2 aromatic carbocycles. The van der Waals surface area contributed by atoms with Gasteiger partial charge in [0, 0.05) is 49.8 Å². The first kappa shape index (κ1) is 23.7. The minimum Gasteiger partial charge on any atom is -0.438 e. The van der Waals surface area contributed by atoms with Crippen molar-refractivity contribution >= 4 is 34.6 Å². The fourth-order valence-corrected chi connectivity index (χ4v) is 5.21. The number of fused-ring (bicyclic) bond motifs is 3. The van der Waals surface area contributed by atoms with Gasteiger partial charge in [0.2, 0.25) is 5.91 Å². The number of carbonyl (C=O) groups excluding carboxylic acids is 3. The molecule has 1 atom stereocenters. The SMILES string of the molecule is CCNC(=O)C(Cc1cc(C)c2[nH]ncc2c1)NC(=O)N1CCC2(CC1)OC(=O)Nc1ccccc12. The molecule has 0 radical (unpaired) electrons. The van der Waals surface area contributed by atoms with Crippen molar-refractivity contribution in [1.82, 2.24) is 25.7 Å². The Kier molecular flexibility index (Phi) is 6.26. The van der Waals surface area contributed by atoms with E-state index in [-0.39, 0.29) is 11.9 Å². The van der Waals surface area contributed by atoms with Gasteiger partial charge in [-0.3, -0.25) is 15.2 Å². The third-order valence-corrected chi connectivity index (χ3v) is 7.01. The number of aromatic nitrogens is 2. The summed E-state index contributed by atoms with van der Waals surface area (Å²) in [5.74, 6) is -0.231. The van der Waals surface area contributed by atoms with Crippen LogP contribution in [0.1, 0.15) is 36.5 Å². The van der Waals surface area contributed by atoms with Crippen LogP contribution in [0.4, 0.5) is 15.3 Å². The quantitative estimate of drug-likeness (QED) is 0.437. The number of aromatic amines is 1. The molecule has 2 aliphatic rings. The van der Waals surface area contributed by atoms with E-state index in [9.17, 15) is 14.4 Å². The number of piperidine rings is 1. The van der Waals surface area contributed by atoms with Gasteiger partial charge in [-0.25, -0.2) is 9.59 Å². The molecule has 0 aliphatic carbocycles. The molecule has 3 heterocycles.